The molecule has 33 heavy (non-hydrogen) atoms. The molecule has 1 aliphatic heterocycles. The van der Waals surface area contributed by atoms with E-state index in [-0.39, 0.29) is 42.6 Å². The SMILES string of the molecule is CCNc1cc(N2CCC(C)(O)CC2)c(C(=O)NC2CCC(C(F)(F)F)CC2)cc1[N+](=O)[O-]. The summed E-state index contributed by atoms with van der Waals surface area (Å²) in [6, 6.07) is 2.40. The highest BCUT2D eigenvalue weighted by molar-refractivity contribution is 6.02. The van der Waals surface area contributed by atoms with Crippen LogP contribution in [0.15, 0.2) is 12.1 Å². The number of carbonyl (C=O) groups is 1. The van der Waals surface area contributed by atoms with Gasteiger partial charge in [0, 0.05) is 31.7 Å². The number of anilines is 2. The summed E-state index contributed by atoms with van der Waals surface area (Å²) in [6.45, 7) is 4.93. The second kappa shape index (κ2) is 9.74. The molecule has 184 valence electrons. The Morgan fingerprint density at radius 2 is 1.85 bits per heavy atom. The predicted molar refractivity (Wildman–Crippen MR) is 119 cm³/mol. The van der Waals surface area contributed by atoms with Crippen LogP contribution in [0.5, 0.6) is 0 Å². The molecule has 3 N–H and O–H groups in total. The van der Waals surface area contributed by atoms with Gasteiger partial charge in [-0.1, -0.05) is 0 Å². The van der Waals surface area contributed by atoms with Crippen LogP contribution in [0.2, 0.25) is 0 Å². The van der Waals surface area contributed by atoms with Crippen molar-refractivity contribution in [2.24, 2.45) is 5.92 Å². The Hall–Kier alpha value is -2.56. The summed E-state index contributed by atoms with van der Waals surface area (Å²) in [7, 11) is 0. The van der Waals surface area contributed by atoms with Gasteiger partial charge in [-0.25, -0.2) is 0 Å². The van der Waals surface area contributed by atoms with Crippen molar-refractivity contribution < 1.29 is 28.0 Å². The van der Waals surface area contributed by atoms with Crippen molar-refractivity contribution in [3.05, 3.63) is 27.8 Å². The summed E-state index contributed by atoms with van der Waals surface area (Å²) in [5.74, 6) is -1.90. The molecule has 1 aliphatic carbocycles. The van der Waals surface area contributed by atoms with Crippen LogP contribution in [0.4, 0.5) is 30.2 Å². The first-order valence-electron chi connectivity index (χ1n) is 11.3. The van der Waals surface area contributed by atoms with Crippen LogP contribution in [0.3, 0.4) is 0 Å². The number of nitrogens with zero attached hydrogens (tertiary/aromatic N) is 2. The van der Waals surface area contributed by atoms with Crippen molar-refractivity contribution in [1.29, 1.82) is 0 Å². The Balaban J connectivity index is 1.86. The maximum Gasteiger partial charge on any atom is 0.391 e. The number of nitrogens with one attached hydrogen (secondary N) is 2. The number of piperidine rings is 1. The van der Waals surface area contributed by atoms with Crippen LogP contribution in [-0.2, 0) is 0 Å². The van der Waals surface area contributed by atoms with Crippen LogP contribution >= 0.6 is 0 Å². The number of nitro benzene ring substituents is 1. The first-order chi connectivity index (χ1) is 15.4. The molecule has 0 aromatic heterocycles. The van der Waals surface area contributed by atoms with Crippen LogP contribution in [0.1, 0.15) is 62.7 Å². The van der Waals surface area contributed by atoms with Gasteiger partial charge in [0.1, 0.15) is 5.69 Å². The molecule has 0 atom stereocenters. The van der Waals surface area contributed by atoms with Gasteiger partial charge in [-0.15, -0.1) is 0 Å². The molecule has 0 radical (unpaired) electrons. The Bertz CT molecular complexity index is 873. The van der Waals surface area contributed by atoms with E-state index in [9.17, 15) is 33.2 Å². The van der Waals surface area contributed by atoms with Gasteiger partial charge in [0.15, 0.2) is 0 Å². The third-order valence-electron chi connectivity index (χ3n) is 6.63. The van der Waals surface area contributed by atoms with Crippen LogP contribution < -0.4 is 15.5 Å². The van der Waals surface area contributed by atoms with E-state index in [1.54, 1.807) is 19.9 Å². The molecule has 1 aromatic rings. The number of carbonyl (C=O) groups excluding carboxylic acids is 1. The normalized spacial score (nSPS) is 23.2. The molecule has 1 aromatic carbocycles. The van der Waals surface area contributed by atoms with E-state index in [4.69, 9.17) is 0 Å². The fourth-order valence-electron chi connectivity index (χ4n) is 4.56. The van der Waals surface area contributed by atoms with Gasteiger partial charge in [-0.05, 0) is 58.4 Å². The van der Waals surface area contributed by atoms with Crippen molar-refractivity contribution in [2.45, 2.75) is 70.2 Å². The first-order valence-corrected chi connectivity index (χ1v) is 11.3. The molecular formula is C22H31F3N4O4. The number of hydrogen-bond acceptors (Lipinski definition) is 6. The summed E-state index contributed by atoms with van der Waals surface area (Å²) in [6.07, 6.45) is -2.98. The average molecular weight is 473 g/mol. The molecule has 0 bridgehead atoms. The molecular weight excluding hydrogens is 441 g/mol. The molecule has 0 spiro atoms. The van der Waals surface area contributed by atoms with Crippen LogP contribution in [0, 0.1) is 16.0 Å². The highest BCUT2D eigenvalue weighted by Crippen LogP contribution is 2.39. The van der Waals surface area contributed by atoms with Gasteiger partial charge in [0.05, 0.1) is 27.7 Å². The zero-order chi connectivity index (χ0) is 24.4. The lowest BCUT2D eigenvalue weighted by molar-refractivity contribution is -0.384. The van der Waals surface area contributed by atoms with Gasteiger partial charge in [0.2, 0.25) is 0 Å². The summed E-state index contributed by atoms with van der Waals surface area (Å²) in [5, 5.41) is 27.7. The Kier molecular flexibility index (Phi) is 7.40. The summed E-state index contributed by atoms with van der Waals surface area (Å²) in [4.78, 5) is 26.2. The highest BCUT2D eigenvalue weighted by atomic mass is 19.4. The number of rotatable bonds is 6. The van der Waals surface area contributed by atoms with Crippen molar-refractivity contribution in [3.63, 3.8) is 0 Å². The van der Waals surface area contributed by atoms with Gasteiger partial charge in [-0.3, -0.25) is 14.9 Å². The second-order valence-corrected chi connectivity index (χ2v) is 9.22. The topological polar surface area (TPSA) is 108 Å². The van der Waals surface area contributed by atoms with E-state index in [1.807, 2.05) is 4.90 Å². The summed E-state index contributed by atoms with van der Waals surface area (Å²) >= 11 is 0. The molecule has 2 fully saturated rings. The minimum atomic E-state index is -4.24. The first kappa shape index (κ1) is 25.1. The lowest BCUT2D eigenvalue weighted by atomic mass is 9.85. The minimum absolute atomic E-state index is 0.0536. The molecule has 1 heterocycles. The smallest absolute Gasteiger partial charge is 0.390 e. The fraction of sp³-hybridized carbons (Fsp3) is 0.682. The predicted octanol–water partition coefficient (Wildman–Crippen LogP) is 4.23. The number of benzene rings is 1. The molecule has 1 amide bonds. The minimum Gasteiger partial charge on any atom is -0.390 e. The van der Waals surface area contributed by atoms with E-state index in [2.05, 4.69) is 10.6 Å². The third kappa shape index (κ3) is 6.07. The molecule has 3 rings (SSSR count). The van der Waals surface area contributed by atoms with Crippen molar-refractivity contribution in [3.8, 4) is 0 Å². The Morgan fingerprint density at radius 3 is 2.36 bits per heavy atom. The summed E-state index contributed by atoms with van der Waals surface area (Å²) in [5.41, 5.74) is -0.148. The van der Waals surface area contributed by atoms with E-state index in [1.165, 1.54) is 6.07 Å². The monoisotopic (exact) mass is 472 g/mol. The van der Waals surface area contributed by atoms with Gasteiger partial charge in [0.25, 0.3) is 11.6 Å². The summed E-state index contributed by atoms with van der Waals surface area (Å²) < 4.78 is 38.8. The van der Waals surface area contributed by atoms with Crippen LogP contribution in [0.25, 0.3) is 0 Å². The van der Waals surface area contributed by atoms with E-state index < -0.39 is 34.6 Å². The van der Waals surface area contributed by atoms with Crippen molar-refractivity contribution >= 4 is 23.0 Å². The largest absolute Gasteiger partial charge is 0.391 e. The third-order valence-corrected chi connectivity index (χ3v) is 6.63. The number of hydrogen-bond donors (Lipinski definition) is 3. The van der Waals surface area contributed by atoms with Crippen LogP contribution in [-0.4, -0.2) is 53.4 Å². The maximum absolute atomic E-state index is 13.2. The second-order valence-electron chi connectivity index (χ2n) is 9.22. The number of nitro groups is 1. The molecule has 11 heteroatoms. The Morgan fingerprint density at radius 1 is 1.24 bits per heavy atom. The van der Waals surface area contributed by atoms with E-state index >= 15 is 0 Å². The molecule has 2 aliphatic rings. The fourth-order valence-corrected chi connectivity index (χ4v) is 4.56. The standard InChI is InChI=1S/C22H31F3N4O4/c1-3-26-17-13-18(28-10-8-21(2,31)9-11-28)16(12-19(17)29(32)33)20(30)27-15-6-4-14(5-7-15)22(23,24)25/h12-15,26,31H,3-11H2,1-2H3,(H,27,30). The van der Waals surface area contributed by atoms with E-state index in [0.717, 1.165) is 0 Å². The molecule has 0 unspecified atom stereocenters. The average Bonchev–Trinajstić information content (AvgIpc) is 2.73. The lowest BCUT2D eigenvalue weighted by Crippen LogP contribution is -2.44. The van der Waals surface area contributed by atoms with E-state index in [0.29, 0.717) is 38.2 Å². The quantitative estimate of drug-likeness (QED) is 0.423. The molecule has 8 nitrogen and oxygen atoms in total. The Labute approximate surface area is 190 Å². The van der Waals surface area contributed by atoms with Gasteiger partial charge in [-0.2, -0.15) is 13.2 Å². The molecule has 1 saturated carbocycles. The van der Waals surface area contributed by atoms with Gasteiger partial charge >= 0.3 is 6.18 Å². The maximum atomic E-state index is 13.2. The number of aliphatic hydroxyl groups is 1. The number of halogens is 3. The molecule has 1 saturated heterocycles. The number of amides is 1. The zero-order valence-electron chi connectivity index (χ0n) is 18.9. The lowest BCUT2D eigenvalue weighted by Gasteiger charge is -2.38. The van der Waals surface area contributed by atoms with Crippen molar-refractivity contribution in [1.82, 2.24) is 5.32 Å². The van der Waals surface area contributed by atoms with Crippen molar-refractivity contribution in [2.75, 3.05) is 29.9 Å². The highest BCUT2D eigenvalue weighted by Gasteiger charge is 2.41. The van der Waals surface area contributed by atoms with Gasteiger partial charge < -0.3 is 20.6 Å². The zero-order valence-corrected chi connectivity index (χ0v) is 18.9. The number of alkyl halides is 3.